The molecule has 0 bridgehead atoms. The molecule has 0 aromatic heterocycles. The standard InChI is InChI=1S/C25H18ClF3INO3/c1-2-33-22-11-15(10-20(30)23(22)34-13-14-4-3-5-17(26)8-14)9-19-18-7-6-16(25(27,28)29)12-21(18)31-24(19)32/h3-12H,2,13H2,1H3,(H,31,32)/b19-9-. The largest absolute Gasteiger partial charge is 0.490 e. The molecule has 4 nitrogen and oxygen atoms in total. The third-order valence-electron chi connectivity index (χ3n) is 5.04. The Kier molecular flexibility index (Phi) is 7.09. The fourth-order valence-electron chi connectivity index (χ4n) is 3.54. The van der Waals surface area contributed by atoms with Gasteiger partial charge in [-0.05, 0) is 83.1 Å². The first-order valence-electron chi connectivity index (χ1n) is 10.2. The van der Waals surface area contributed by atoms with Crippen LogP contribution in [0.3, 0.4) is 0 Å². The van der Waals surface area contributed by atoms with Gasteiger partial charge in [-0.2, -0.15) is 13.2 Å². The summed E-state index contributed by atoms with van der Waals surface area (Å²) < 4.78 is 51.6. The lowest BCUT2D eigenvalue weighted by atomic mass is 10.0. The first kappa shape index (κ1) is 24.4. The molecular formula is C25H18ClF3INO3. The molecule has 9 heteroatoms. The lowest BCUT2D eigenvalue weighted by Gasteiger charge is -2.15. The topological polar surface area (TPSA) is 47.6 Å². The molecule has 0 saturated carbocycles. The quantitative estimate of drug-likeness (QED) is 0.237. The van der Waals surface area contributed by atoms with Gasteiger partial charge in [0.05, 0.1) is 15.7 Å². The van der Waals surface area contributed by atoms with Gasteiger partial charge in [0, 0.05) is 21.8 Å². The van der Waals surface area contributed by atoms with Gasteiger partial charge in [-0.1, -0.05) is 29.8 Å². The summed E-state index contributed by atoms with van der Waals surface area (Å²) in [6, 6.07) is 14.1. The van der Waals surface area contributed by atoms with E-state index >= 15 is 0 Å². The van der Waals surface area contributed by atoms with Gasteiger partial charge in [-0.3, -0.25) is 4.79 Å². The summed E-state index contributed by atoms with van der Waals surface area (Å²) in [6.45, 7) is 2.53. The molecule has 0 radical (unpaired) electrons. The molecule has 0 fully saturated rings. The fourth-order valence-corrected chi connectivity index (χ4v) is 4.53. The minimum Gasteiger partial charge on any atom is -0.490 e. The maximum atomic E-state index is 13.0. The van der Waals surface area contributed by atoms with E-state index in [4.69, 9.17) is 21.1 Å². The van der Waals surface area contributed by atoms with E-state index in [1.54, 1.807) is 18.2 Å². The van der Waals surface area contributed by atoms with Crippen molar-refractivity contribution in [1.29, 1.82) is 0 Å². The molecule has 0 saturated heterocycles. The monoisotopic (exact) mass is 599 g/mol. The number of benzene rings is 3. The average Bonchev–Trinajstić information content (AvgIpc) is 3.07. The first-order valence-corrected chi connectivity index (χ1v) is 11.7. The van der Waals surface area contributed by atoms with Gasteiger partial charge in [0.25, 0.3) is 5.91 Å². The highest BCUT2D eigenvalue weighted by molar-refractivity contribution is 14.1. The van der Waals surface area contributed by atoms with Gasteiger partial charge < -0.3 is 14.8 Å². The Morgan fingerprint density at radius 3 is 2.59 bits per heavy atom. The Hall–Kier alpha value is -2.72. The van der Waals surface area contributed by atoms with E-state index < -0.39 is 17.6 Å². The van der Waals surface area contributed by atoms with E-state index in [2.05, 4.69) is 27.9 Å². The molecule has 1 aliphatic heterocycles. The zero-order chi connectivity index (χ0) is 24.5. The van der Waals surface area contributed by atoms with Crippen LogP contribution >= 0.6 is 34.2 Å². The van der Waals surface area contributed by atoms with Gasteiger partial charge >= 0.3 is 6.18 Å². The molecule has 0 atom stereocenters. The van der Waals surface area contributed by atoms with Crippen molar-refractivity contribution in [2.75, 3.05) is 11.9 Å². The van der Waals surface area contributed by atoms with Crippen molar-refractivity contribution in [2.24, 2.45) is 0 Å². The molecule has 3 aromatic rings. The van der Waals surface area contributed by atoms with Crippen LogP contribution in [0.1, 0.15) is 29.2 Å². The van der Waals surface area contributed by atoms with Crippen molar-refractivity contribution in [2.45, 2.75) is 19.7 Å². The minimum atomic E-state index is -4.49. The zero-order valence-electron chi connectivity index (χ0n) is 17.8. The first-order chi connectivity index (χ1) is 16.2. The van der Waals surface area contributed by atoms with E-state index in [-0.39, 0.29) is 17.9 Å². The highest BCUT2D eigenvalue weighted by Crippen LogP contribution is 2.40. The number of hydrogen-bond donors (Lipinski definition) is 1. The van der Waals surface area contributed by atoms with Crippen molar-refractivity contribution in [3.8, 4) is 11.5 Å². The molecule has 1 aliphatic rings. The number of rotatable bonds is 6. The van der Waals surface area contributed by atoms with Crippen molar-refractivity contribution in [1.82, 2.24) is 0 Å². The fraction of sp³-hybridized carbons (Fsp3) is 0.160. The summed E-state index contributed by atoms with van der Waals surface area (Å²) in [6.07, 6.45) is -2.87. The molecule has 34 heavy (non-hydrogen) atoms. The smallest absolute Gasteiger partial charge is 0.416 e. The summed E-state index contributed by atoms with van der Waals surface area (Å²) in [5, 5.41) is 3.12. The second-order valence-corrected chi connectivity index (χ2v) is 9.05. The number of carbonyl (C=O) groups excluding carboxylic acids is 1. The number of anilines is 1. The Balaban J connectivity index is 1.66. The van der Waals surface area contributed by atoms with E-state index in [1.165, 1.54) is 6.07 Å². The molecule has 0 unspecified atom stereocenters. The number of halogens is 5. The Morgan fingerprint density at radius 2 is 1.88 bits per heavy atom. The molecular weight excluding hydrogens is 582 g/mol. The SMILES string of the molecule is CCOc1cc(/C=C2\C(=O)Nc3cc(C(F)(F)F)ccc32)cc(I)c1OCc1cccc(Cl)c1. The summed E-state index contributed by atoms with van der Waals surface area (Å²) in [7, 11) is 0. The second-order valence-electron chi connectivity index (χ2n) is 7.45. The molecule has 176 valence electrons. The highest BCUT2D eigenvalue weighted by Gasteiger charge is 2.33. The van der Waals surface area contributed by atoms with Crippen LogP contribution < -0.4 is 14.8 Å². The van der Waals surface area contributed by atoms with Gasteiger partial charge in [0.15, 0.2) is 11.5 Å². The summed E-state index contributed by atoms with van der Waals surface area (Å²) in [4.78, 5) is 12.5. The predicted molar refractivity (Wildman–Crippen MR) is 134 cm³/mol. The maximum Gasteiger partial charge on any atom is 0.416 e. The van der Waals surface area contributed by atoms with E-state index in [9.17, 15) is 18.0 Å². The third-order valence-corrected chi connectivity index (χ3v) is 6.08. The van der Waals surface area contributed by atoms with Gasteiger partial charge in [0.2, 0.25) is 0 Å². The van der Waals surface area contributed by atoms with Crippen LogP contribution in [0.5, 0.6) is 11.5 Å². The normalized spacial score (nSPS) is 14.2. The lowest BCUT2D eigenvalue weighted by molar-refractivity contribution is -0.137. The number of alkyl halides is 3. The Labute approximate surface area is 212 Å². The molecule has 3 aromatic carbocycles. The number of ether oxygens (including phenoxy) is 2. The van der Waals surface area contributed by atoms with Crippen LogP contribution in [0.4, 0.5) is 18.9 Å². The zero-order valence-corrected chi connectivity index (χ0v) is 20.7. The van der Waals surface area contributed by atoms with Gasteiger partial charge in [-0.25, -0.2) is 0 Å². The van der Waals surface area contributed by atoms with Gasteiger partial charge in [0.1, 0.15) is 6.61 Å². The van der Waals surface area contributed by atoms with Crippen LogP contribution in [0.25, 0.3) is 11.6 Å². The number of amides is 1. The third kappa shape index (κ3) is 5.33. The number of nitrogens with one attached hydrogen (secondary N) is 1. The van der Waals surface area contributed by atoms with Crippen LogP contribution in [-0.4, -0.2) is 12.5 Å². The van der Waals surface area contributed by atoms with Crippen molar-refractivity contribution in [3.05, 3.63) is 85.4 Å². The van der Waals surface area contributed by atoms with Crippen molar-refractivity contribution < 1.29 is 27.4 Å². The summed E-state index contributed by atoms with van der Waals surface area (Å²) >= 11 is 8.16. The average molecular weight is 600 g/mol. The lowest BCUT2D eigenvalue weighted by Crippen LogP contribution is -2.06. The molecule has 1 amide bonds. The molecule has 0 aliphatic carbocycles. The summed E-state index contributed by atoms with van der Waals surface area (Å²) in [5.41, 5.74) is 1.55. The van der Waals surface area contributed by atoms with Crippen LogP contribution in [0.15, 0.2) is 54.6 Å². The molecule has 1 heterocycles. The number of hydrogen-bond acceptors (Lipinski definition) is 3. The summed E-state index contributed by atoms with van der Waals surface area (Å²) in [5.74, 6) is 0.577. The minimum absolute atomic E-state index is 0.132. The Morgan fingerprint density at radius 1 is 1.09 bits per heavy atom. The van der Waals surface area contributed by atoms with Crippen LogP contribution in [-0.2, 0) is 17.6 Å². The van der Waals surface area contributed by atoms with E-state index in [0.717, 1.165) is 21.3 Å². The number of carbonyl (C=O) groups is 1. The van der Waals surface area contributed by atoms with Crippen molar-refractivity contribution in [3.63, 3.8) is 0 Å². The van der Waals surface area contributed by atoms with E-state index in [0.29, 0.717) is 34.3 Å². The van der Waals surface area contributed by atoms with Crippen LogP contribution in [0.2, 0.25) is 5.02 Å². The van der Waals surface area contributed by atoms with E-state index in [1.807, 2.05) is 31.2 Å². The maximum absolute atomic E-state index is 13.0. The molecule has 4 rings (SSSR count). The molecule has 1 N–H and O–H groups in total. The predicted octanol–water partition coefficient (Wildman–Crippen LogP) is 7.43. The number of fused-ring (bicyclic) bond motifs is 1. The van der Waals surface area contributed by atoms with Gasteiger partial charge in [-0.15, -0.1) is 0 Å². The van der Waals surface area contributed by atoms with Crippen molar-refractivity contribution >= 4 is 57.4 Å². The second kappa shape index (κ2) is 9.87. The van der Waals surface area contributed by atoms with Crippen LogP contribution in [0, 0.1) is 3.57 Å². The Bertz CT molecular complexity index is 1290. The highest BCUT2D eigenvalue weighted by atomic mass is 127. The molecule has 0 spiro atoms.